The molecule has 0 aromatic heterocycles. The van der Waals surface area contributed by atoms with E-state index >= 15 is 0 Å². The van der Waals surface area contributed by atoms with Crippen LogP contribution in [0.25, 0.3) is 0 Å². The van der Waals surface area contributed by atoms with E-state index < -0.39 is 6.10 Å². The van der Waals surface area contributed by atoms with Crippen LogP contribution in [-0.4, -0.2) is 43.5 Å². The molecule has 0 radical (unpaired) electrons. The summed E-state index contributed by atoms with van der Waals surface area (Å²) in [5.41, 5.74) is 1.10. The van der Waals surface area contributed by atoms with Crippen molar-refractivity contribution in [2.75, 3.05) is 26.3 Å². The van der Waals surface area contributed by atoms with Crippen LogP contribution in [0.15, 0.2) is 47.5 Å². The van der Waals surface area contributed by atoms with Crippen molar-refractivity contribution in [2.24, 2.45) is 4.99 Å². The number of hydrogen-bond donors (Lipinski definition) is 3. The molecule has 0 fully saturated rings. The fraction of sp³-hybridized carbons (Fsp3) is 0.381. The SMILES string of the molecule is CCNC(=NCC(O)COc1cccc(Cl)c1Cl)NC1CCOc2ccccc21. The van der Waals surface area contributed by atoms with Crippen LogP contribution in [0.2, 0.25) is 10.0 Å². The van der Waals surface area contributed by atoms with Crippen molar-refractivity contribution in [3.63, 3.8) is 0 Å². The van der Waals surface area contributed by atoms with Gasteiger partial charge in [0, 0.05) is 18.5 Å². The summed E-state index contributed by atoms with van der Waals surface area (Å²) in [4.78, 5) is 4.50. The van der Waals surface area contributed by atoms with Gasteiger partial charge in [0.05, 0.1) is 24.2 Å². The Labute approximate surface area is 180 Å². The molecule has 6 nitrogen and oxygen atoms in total. The number of halogens is 2. The van der Waals surface area contributed by atoms with Gasteiger partial charge < -0.3 is 25.2 Å². The van der Waals surface area contributed by atoms with E-state index in [1.54, 1.807) is 18.2 Å². The lowest BCUT2D eigenvalue weighted by atomic mass is 10.0. The van der Waals surface area contributed by atoms with Gasteiger partial charge in [0.15, 0.2) is 5.96 Å². The van der Waals surface area contributed by atoms with Crippen molar-refractivity contribution in [3.05, 3.63) is 58.1 Å². The van der Waals surface area contributed by atoms with Gasteiger partial charge in [0.25, 0.3) is 0 Å². The molecule has 1 aliphatic heterocycles. The summed E-state index contributed by atoms with van der Waals surface area (Å²) >= 11 is 12.1. The van der Waals surface area contributed by atoms with Crippen LogP contribution >= 0.6 is 23.2 Å². The number of ether oxygens (including phenoxy) is 2. The zero-order chi connectivity index (χ0) is 20.6. The molecule has 0 spiro atoms. The maximum absolute atomic E-state index is 10.3. The molecule has 3 N–H and O–H groups in total. The molecule has 3 rings (SSSR count). The molecule has 29 heavy (non-hydrogen) atoms. The molecule has 0 bridgehead atoms. The number of nitrogens with zero attached hydrogens (tertiary/aromatic N) is 1. The van der Waals surface area contributed by atoms with Gasteiger partial charge in [-0.2, -0.15) is 0 Å². The largest absolute Gasteiger partial charge is 0.493 e. The van der Waals surface area contributed by atoms with Crippen LogP contribution < -0.4 is 20.1 Å². The number of aliphatic hydroxyl groups excluding tert-OH is 1. The van der Waals surface area contributed by atoms with Crippen molar-refractivity contribution in [1.82, 2.24) is 10.6 Å². The third kappa shape index (κ3) is 5.92. The Morgan fingerprint density at radius 2 is 2.10 bits per heavy atom. The summed E-state index contributed by atoms with van der Waals surface area (Å²) in [5, 5.41) is 17.6. The lowest BCUT2D eigenvalue weighted by Gasteiger charge is -2.28. The summed E-state index contributed by atoms with van der Waals surface area (Å²) in [6.45, 7) is 3.59. The highest BCUT2D eigenvalue weighted by Gasteiger charge is 2.22. The zero-order valence-electron chi connectivity index (χ0n) is 16.2. The van der Waals surface area contributed by atoms with E-state index in [0.29, 0.717) is 34.9 Å². The summed E-state index contributed by atoms with van der Waals surface area (Å²) in [7, 11) is 0. The van der Waals surface area contributed by atoms with Crippen LogP contribution in [0.5, 0.6) is 11.5 Å². The van der Waals surface area contributed by atoms with Gasteiger partial charge in [-0.1, -0.05) is 47.5 Å². The Morgan fingerprint density at radius 3 is 2.93 bits per heavy atom. The third-order valence-corrected chi connectivity index (χ3v) is 5.22. The number of aliphatic imine (C=N–C) groups is 1. The van der Waals surface area contributed by atoms with Gasteiger partial charge >= 0.3 is 0 Å². The second kappa shape index (κ2) is 10.6. The van der Waals surface area contributed by atoms with Crippen molar-refractivity contribution in [3.8, 4) is 11.5 Å². The number of guanidine groups is 1. The Kier molecular flexibility index (Phi) is 7.86. The second-order valence-corrected chi connectivity index (χ2v) is 7.39. The maximum Gasteiger partial charge on any atom is 0.191 e. The van der Waals surface area contributed by atoms with E-state index in [9.17, 15) is 5.11 Å². The van der Waals surface area contributed by atoms with E-state index in [1.807, 2.05) is 31.2 Å². The summed E-state index contributed by atoms with van der Waals surface area (Å²) < 4.78 is 11.3. The summed E-state index contributed by atoms with van der Waals surface area (Å²) in [6, 6.07) is 13.2. The molecule has 2 aromatic carbocycles. The van der Waals surface area contributed by atoms with Crippen molar-refractivity contribution in [2.45, 2.75) is 25.5 Å². The zero-order valence-corrected chi connectivity index (χ0v) is 17.7. The van der Waals surface area contributed by atoms with Gasteiger partial charge in [-0.3, -0.25) is 4.99 Å². The summed E-state index contributed by atoms with van der Waals surface area (Å²) in [5.74, 6) is 1.96. The Hall–Kier alpha value is -2.15. The first-order valence-corrected chi connectivity index (χ1v) is 10.4. The van der Waals surface area contributed by atoms with Crippen LogP contribution in [0.3, 0.4) is 0 Å². The van der Waals surface area contributed by atoms with Gasteiger partial charge in [-0.25, -0.2) is 0 Å². The topological polar surface area (TPSA) is 75.1 Å². The molecule has 1 aliphatic rings. The second-order valence-electron chi connectivity index (χ2n) is 6.61. The average molecular weight is 438 g/mol. The van der Waals surface area contributed by atoms with E-state index in [0.717, 1.165) is 17.7 Å². The molecule has 0 aliphatic carbocycles. The first-order chi connectivity index (χ1) is 14.1. The van der Waals surface area contributed by atoms with E-state index in [4.69, 9.17) is 32.7 Å². The third-order valence-electron chi connectivity index (χ3n) is 4.42. The quantitative estimate of drug-likeness (QED) is 0.453. The number of fused-ring (bicyclic) bond motifs is 1. The highest BCUT2D eigenvalue weighted by Crippen LogP contribution is 2.32. The fourth-order valence-electron chi connectivity index (χ4n) is 3.01. The van der Waals surface area contributed by atoms with E-state index in [-0.39, 0.29) is 19.2 Å². The van der Waals surface area contributed by atoms with Gasteiger partial charge in [-0.05, 0) is 25.1 Å². The van der Waals surface area contributed by atoms with Crippen LogP contribution in [0.1, 0.15) is 24.9 Å². The number of benzene rings is 2. The minimum atomic E-state index is -0.789. The Balaban J connectivity index is 1.58. The van der Waals surface area contributed by atoms with Gasteiger partial charge in [-0.15, -0.1) is 0 Å². The van der Waals surface area contributed by atoms with Crippen LogP contribution in [0, 0.1) is 0 Å². The van der Waals surface area contributed by atoms with Gasteiger partial charge in [0.1, 0.15) is 29.2 Å². The van der Waals surface area contributed by atoms with E-state index in [2.05, 4.69) is 15.6 Å². The normalized spacial score (nSPS) is 17.1. The fourth-order valence-corrected chi connectivity index (χ4v) is 3.35. The maximum atomic E-state index is 10.3. The average Bonchev–Trinajstić information content (AvgIpc) is 2.73. The molecule has 0 saturated carbocycles. The molecule has 2 atom stereocenters. The molecule has 156 valence electrons. The number of para-hydroxylation sites is 1. The highest BCUT2D eigenvalue weighted by molar-refractivity contribution is 6.42. The molecular formula is C21H25Cl2N3O3. The Morgan fingerprint density at radius 1 is 1.28 bits per heavy atom. The number of nitrogens with one attached hydrogen (secondary N) is 2. The molecule has 1 heterocycles. The monoisotopic (exact) mass is 437 g/mol. The highest BCUT2D eigenvalue weighted by atomic mass is 35.5. The van der Waals surface area contributed by atoms with Crippen LogP contribution in [-0.2, 0) is 0 Å². The summed E-state index contributed by atoms with van der Waals surface area (Å²) in [6.07, 6.45) is 0.0443. The van der Waals surface area contributed by atoms with Crippen molar-refractivity contribution < 1.29 is 14.6 Å². The van der Waals surface area contributed by atoms with E-state index in [1.165, 1.54) is 0 Å². The first-order valence-electron chi connectivity index (χ1n) is 9.60. The number of aliphatic hydroxyl groups is 1. The molecular weight excluding hydrogens is 413 g/mol. The minimum absolute atomic E-state index is 0.0586. The van der Waals surface area contributed by atoms with Crippen molar-refractivity contribution in [1.29, 1.82) is 0 Å². The number of hydrogen-bond acceptors (Lipinski definition) is 4. The van der Waals surface area contributed by atoms with Crippen molar-refractivity contribution >= 4 is 29.2 Å². The molecule has 0 amide bonds. The van der Waals surface area contributed by atoms with Crippen LogP contribution in [0.4, 0.5) is 0 Å². The molecule has 2 unspecified atom stereocenters. The molecule has 2 aromatic rings. The smallest absolute Gasteiger partial charge is 0.191 e. The lowest BCUT2D eigenvalue weighted by Crippen LogP contribution is -2.41. The molecule has 8 heteroatoms. The predicted octanol–water partition coefficient (Wildman–Crippen LogP) is 3.81. The van der Waals surface area contributed by atoms with Gasteiger partial charge in [0.2, 0.25) is 0 Å². The predicted molar refractivity (Wildman–Crippen MR) is 116 cm³/mol. The minimum Gasteiger partial charge on any atom is -0.493 e. The first kappa shape index (κ1) is 21.6. The standard InChI is InChI=1S/C21H25Cl2N3O3/c1-2-24-21(26-17-10-11-28-18-8-4-3-6-15(17)18)25-12-14(27)13-29-19-9-5-7-16(22)20(19)23/h3-9,14,17,27H,2,10-13H2,1H3,(H2,24,25,26). The number of rotatable bonds is 7. The molecule has 0 saturated heterocycles. The lowest BCUT2D eigenvalue weighted by molar-refractivity contribution is 0.114. The Bertz CT molecular complexity index is 848.